The van der Waals surface area contributed by atoms with E-state index in [9.17, 15) is 9.59 Å². The van der Waals surface area contributed by atoms with Crippen LogP contribution in [0.2, 0.25) is 0 Å². The van der Waals surface area contributed by atoms with Gasteiger partial charge in [0, 0.05) is 5.56 Å². The van der Waals surface area contributed by atoms with Gasteiger partial charge in [-0.2, -0.15) is 5.10 Å². The molecule has 0 radical (unpaired) electrons. The van der Waals surface area contributed by atoms with E-state index in [0.29, 0.717) is 12.2 Å². The smallest absolute Gasteiger partial charge is 0.259 e. The number of hydrogen-bond donors (Lipinski definition) is 2. The van der Waals surface area contributed by atoms with E-state index in [2.05, 4.69) is 22.8 Å². The van der Waals surface area contributed by atoms with Crippen molar-refractivity contribution in [3.05, 3.63) is 77.9 Å². The van der Waals surface area contributed by atoms with Crippen molar-refractivity contribution in [2.24, 2.45) is 5.10 Å². The Labute approximate surface area is 175 Å². The lowest BCUT2D eigenvalue weighted by atomic mass is 10.0. The first-order valence-corrected chi connectivity index (χ1v) is 9.98. The van der Waals surface area contributed by atoms with Crippen LogP contribution in [0.1, 0.15) is 35.7 Å². The van der Waals surface area contributed by atoms with Crippen LogP contribution in [0.15, 0.2) is 71.8 Å². The van der Waals surface area contributed by atoms with Gasteiger partial charge in [-0.1, -0.05) is 49.7 Å². The maximum absolute atomic E-state index is 12.4. The molecule has 2 amide bonds. The van der Waals surface area contributed by atoms with Crippen molar-refractivity contribution in [3.63, 3.8) is 0 Å². The zero-order chi connectivity index (χ0) is 21.2. The number of carbonyl (C=O) groups excluding carboxylic acids is 2. The van der Waals surface area contributed by atoms with Gasteiger partial charge in [0.25, 0.3) is 11.8 Å². The molecule has 2 N–H and O–H groups in total. The fraction of sp³-hybridized carbons (Fsp3) is 0.208. The summed E-state index contributed by atoms with van der Waals surface area (Å²) in [7, 11) is 0. The Kier molecular flexibility index (Phi) is 7.55. The Balaban J connectivity index is 1.47. The average Bonchev–Trinajstić information content (AvgIpc) is 2.78. The summed E-state index contributed by atoms with van der Waals surface area (Å²) in [5, 5.41) is 8.38. The first-order valence-electron chi connectivity index (χ1n) is 9.98. The summed E-state index contributed by atoms with van der Waals surface area (Å²) in [6.45, 7) is 2.65. The van der Waals surface area contributed by atoms with E-state index in [1.54, 1.807) is 12.3 Å². The number of unbranched alkanes of at least 4 members (excludes halogenated alkanes) is 1. The van der Waals surface area contributed by atoms with Gasteiger partial charge in [0.1, 0.15) is 5.75 Å². The molecule has 0 atom stereocenters. The third-order valence-electron chi connectivity index (χ3n) is 4.49. The molecule has 6 nitrogen and oxygen atoms in total. The third kappa shape index (κ3) is 5.91. The molecule has 30 heavy (non-hydrogen) atoms. The molecule has 0 aliphatic rings. The van der Waals surface area contributed by atoms with E-state index in [1.165, 1.54) is 0 Å². The number of hydrogen-bond acceptors (Lipinski definition) is 4. The van der Waals surface area contributed by atoms with Crippen molar-refractivity contribution in [1.29, 1.82) is 0 Å². The van der Waals surface area contributed by atoms with E-state index in [-0.39, 0.29) is 12.5 Å². The highest BCUT2D eigenvalue weighted by Gasteiger charge is 2.10. The maximum Gasteiger partial charge on any atom is 0.259 e. The number of amides is 2. The molecular weight excluding hydrogens is 378 g/mol. The first-order chi connectivity index (χ1) is 14.7. The second kappa shape index (κ2) is 10.8. The molecule has 0 heterocycles. The van der Waals surface area contributed by atoms with Crippen LogP contribution in [-0.2, 0) is 4.79 Å². The van der Waals surface area contributed by atoms with Gasteiger partial charge in [0.05, 0.1) is 19.4 Å². The molecule has 0 aliphatic heterocycles. The van der Waals surface area contributed by atoms with E-state index in [1.807, 2.05) is 60.7 Å². The van der Waals surface area contributed by atoms with E-state index >= 15 is 0 Å². The number of fused-ring (bicyclic) bond motifs is 1. The molecule has 0 spiro atoms. The van der Waals surface area contributed by atoms with Crippen LogP contribution in [0.5, 0.6) is 5.75 Å². The van der Waals surface area contributed by atoms with Crippen molar-refractivity contribution >= 4 is 28.8 Å². The minimum Gasteiger partial charge on any atom is -0.494 e. The highest BCUT2D eigenvalue weighted by atomic mass is 16.5. The Morgan fingerprint density at radius 3 is 2.57 bits per heavy atom. The molecule has 0 saturated carbocycles. The number of ether oxygens (including phenoxy) is 1. The van der Waals surface area contributed by atoms with Gasteiger partial charge >= 0.3 is 0 Å². The number of hydrazone groups is 1. The minimum atomic E-state index is -0.403. The number of carbonyl (C=O) groups is 2. The number of nitrogens with zero attached hydrogens (tertiary/aromatic N) is 1. The van der Waals surface area contributed by atoms with Crippen molar-refractivity contribution in [2.75, 3.05) is 13.2 Å². The lowest BCUT2D eigenvalue weighted by molar-refractivity contribution is -0.120. The van der Waals surface area contributed by atoms with Gasteiger partial charge in [-0.05, 0) is 53.1 Å². The number of rotatable bonds is 9. The molecule has 3 rings (SSSR count). The lowest BCUT2D eigenvalue weighted by Gasteiger charge is -2.07. The Morgan fingerprint density at radius 2 is 1.77 bits per heavy atom. The van der Waals surface area contributed by atoms with Crippen LogP contribution in [-0.4, -0.2) is 31.2 Å². The van der Waals surface area contributed by atoms with Crippen molar-refractivity contribution in [2.45, 2.75) is 19.8 Å². The van der Waals surface area contributed by atoms with Gasteiger partial charge in [0.15, 0.2) is 0 Å². The summed E-state index contributed by atoms with van der Waals surface area (Å²) in [4.78, 5) is 24.4. The monoisotopic (exact) mass is 403 g/mol. The molecule has 0 unspecified atom stereocenters. The fourth-order valence-corrected chi connectivity index (χ4v) is 2.88. The zero-order valence-electron chi connectivity index (χ0n) is 16.9. The second-order valence-electron chi connectivity index (χ2n) is 6.77. The topological polar surface area (TPSA) is 79.8 Å². The molecule has 3 aromatic rings. The third-order valence-corrected chi connectivity index (χ3v) is 4.49. The van der Waals surface area contributed by atoms with Crippen LogP contribution in [0, 0.1) is 0 Å². The van der Waals surface area contributed by atoms with Gasteiger partial charge in [-0.3, -0.25) is 9.59 Å². The highest BCUT2D eigenvalue weighted by molar-refractivity contribution is 6.07. The summed E-state index contributed by atoms with van der Waals surface area (Å²) in [5.74, 6) is 0.102. The first kappa shape index (κ1) is 21.0. The van der Waals surface area contributed by atoms with E-state index < -0.39 is 5.91 Å². The predicted molar refractivity (Wildman–Crippen MR) is 119 cm³/mol. The largest absolute Gasteiger partial charge is 0.494 e. The summed E-state index contributed by atoms with van der Waals surface area (Å²) in [6.07, 6.45) is 3.65. The van der Waals surface area contributed by atoms with Crippen LogP contribution in [0.25, 0.3) is 10.8 Å². The molecule has 0 aliphatic carbocycles. The molecule has 3 aromatic carbocycles. The maximum atomic E-state index is 12.4. The van der Waals surface area contributed by atoms with E-state index in [0.717, 1.165) is 34.9 Å². The predicted octanol–water partition coefficient (Wildman–Crippen LogP) is 3.90. The Bertz CT molecular complexity index is 1020. The number of nitrogens with one attached hydrogen (secondary N) is 2. The Hall–Kier alpha value is -3.67. The highest BCUT2D eigenvalue weighted by Crippen LogP contribution is 2.18. The second-order valence-corrected chi connectivity index (χ2v) is 6.77. The Morgan fingerprint density at radius 1 is 1.00 bits per heavy atom. The van der Waals surface area contributed by atoms with Crippen LogP contribution in [0.4, 0.5) is 0 Å². The van der Waals surface area contributed by atoms with Crippen molar-refractivity contribution in [1.82, 2.24) is 10.7 Å². The van der Waals surface area contributed by atoms with Gasteiger partial charge in [0.2, 0.25) is 0 Å². The average molecular weight is 403 g/mol. The van der Waals surface area contributed by atoms with Crippen molar-refractivity contribution < 1.29 is 14.3 Å². The van der Waals surface area contributed by atoms with Crippen LogP contribution >= 0.6 is 0 Å². The molecule has 0 saturated heterocycles. The lowest BCUT2D eigenvalue weighted by Crippen LogP contribution is -2.35. The summed E-state index contributed by atoms with van der Waals surface area (Å²) in [5.41, 5.74) is 3.78. The molecular formula is C24H25N3O3. The van der Waals surface area contributed by atoms with Gasteiger partial charge in [-0.15, -0.1) is 0 Å². The summed E-state index contributed by atoms with van der Waals surface area (Å²) < 4.78 is 5.61. The zero-order valence-corrected chi connectivity index (χ0v) is 16.9. The van der Waals surface area contributed by atoms with Crippen molar-refractivity contribution in [3.8, 4) is 5.75 Å². The quantitative estimate of drug-likeness (QED) is 0.323. The van der Waals surface area contributed by atoms with E-state index in [4.69, 9.17) is 4.74 Å². The fourth-order valence-electron chi connectivity index (χ4n) is 2.88. The summed E-state index contributed by atoms with van der Waals surface area (Å²) in [6, 6.07) is 20.6. The minimum absolute atomic E-state index is 0.163. The SMILES string of the molecule is CCCCOc1ccc(/C=N/NC(=O)CNC(=O)c2cccc3ccccc23)cc1. The standard InChI is InChI=1S/C24H25N3O3/c1-2-3-15-30-20-13-11-18(12-14-20)16-26-27-23(28)17-25-24(29)22-10-6-8-19-7-4-5-9-21(19)22/h4-14,16H,2-3,15,17H2,1H3,(H,25,29)(H,27,28)/b26-16+. The molecule has 0 fully saturated rings. The molecule has 0 aromatic heterocycles. The van der Waals surface area contributed by atoms with Gasteiger partial charge < -0.3 is 10.1 Å². The van der Waals surface area contributed by atoms with Gasteiger partial charge in [-0.25, -0.2) is 5.43 Å². The summed E-state index contributed by atoms with van der Waals surface area (Å²) >= 11 is 0. The number of benzene rings is 3. The molecule has 154 valence electrons. The van der Waals surface area contributed by atoms with Crippen LogP contribution < -0.4 is 15.5 Å². The normalized spacial score (nSPS) is 10.8. The van der Waals surface area contributed by atoms with Crippen LogP contribution in [0.3, 0.4) is 0 Å². The molecule has 0 bridgehead atoms. The molecule has 6 heteroatoms.